The fourth-order valence-corrected chi connectivity index (χ4v) is 2.48. The molecular weight excluding hydrogens is 301 g/mol. The fraction of sp³-hybridized carbons (Fsp3) is 0.533. The summed E-state index contributed by atoms with van der Waals surface area (Å²) in [6.45, 7) is 7.59. The Labute approximate surface area is 135 Å². The van der Waals surface area contributed by atoms with Crippen LogP contribution in [0.15, 0.2) is 18.2 Å². The highest BCUT2D eigenvalue weighted by atomic mass is 16.7. The predicted octanol–water partition coefficient (Wildman–Crippen LogP) is 2.56. The van der Waals surface area contributed by atoms with Gasteiger partial charge in [-0.3, -0.25) is 10.1 Å². The van der Waals surface area contributed by atoms with Gasteiger partial charge in [0.25, 0.3) is 5.69 Å². The molecule has 1 aromatic carbocycles. The van der Waals surface area contributed by atoms with Crippen molar-refractivity contribution in [3.05, 3.63) is 39.4 Å². The molecule has 0 radical (unpaired) electrons. The minimum Gasteiger partial charge on any atom is -0.465 e. The average molecular weight is 321 g/mol. The van der Waals surface area contributed by atoms with Crippen LogP contribution in [0.3, 0.4) is 0 Å². The normalized spacial score (nSPS) is 18.7. The van der Waals surface area contributed by atoms with Gasteiger partial charge >= 0.3 is 13.1 Å². The van der Waals surface area contributed by atoms with Gasteiger partial charge in [0.2, 0.25) is 0 Å². The number of hydrogen-bond acceptors (Lipinski definition) is 6. The summed E-state index contributed by atoms with van der Waals surface area (Å²) in [4.78, 5) is 22.7. The molecule has 0 amide bonds. The van der Waals surface area contributed by atoms with E-state index in [9.17, 15) is 14.9 Å². The molecule has 0 aliphatic carbocycles. The number of benzene rings is 1. The minimum absolute atomic E-state index is 0.0917. The Morgan fingerprint density at radius 1 is 1.26 bits per heavy atom. The summed E-state index contributed by atoms with van der Waals surface area (Å²) < 4.78 is 16.5. The predicted molar refractivity (Wildman–Crippen MR) is 84.2 cm³/mol. The molecule has 0 unspecified atom stereocenters. The molecule has 0 N–H and O–H groups in total. The monoisotopic (exact) mass is 321 g/mol. The third-order valence-corrected chi connectivity index (χ3v) is 4.43. The molecule has 0 saturated carbocycles. The average Bonchev–Trinajstić information content (AvgIpc) is 2.65. The first-order chi connectivity index (χ1) is 10.6. The molecule has 2 rings (SSSR count). The fourth-order valence-electron chi connectivity index (χ4n) is 2.48. The molecule has 1 aliphatic rings. The molecule has 124 valence electrons. The summed E-state index contributed by atoms with van der Waals surface area (Å²) in [6.07, 6.45) is 0.0917. The maximum Gasteiger partial charge on any atom is 0.462 e. The Kier molecular flexibility index (Phi) is 4.50. The summed E-state index contributed by atoms with van der Waals surface area (Å²) in [5.74, 6) is -0.625. The molecule has 23 heavy (non-hydrogen) atoms. The quantitative estimate of drug-likeness (QED) is 0.366. The van der Waals surface area contributed by atoms with Crippen molar-refractivity contribution in [3.8, 4) is 0 Å². The van der Waals surface area contributed by atoms with Crippen LogP contribution in [-0.4, -0.2) is 36.3 Å². The summed E-state index contributed by atoms with van der Waals surface area (Å²) in [7, 11) is 0.559. The standard InChI is InChI=1S/C15H20BNO6/c1-14(2)15(3,4)23-16(22-14)9-11-10(13(18)21-5)7-6-8-12(11)17(19)20/h6-8H,9H2,1-5H3. The van der Waals surface area contributed by atoms with Gasteiger partial charge in [0.15, 0.2) is 0 Å². The number of methoxy groups -OCH3 is 1. The number of carbonyl (C=O) groups excluding carboxylic acids is 1. The van der Waals surface area contributed by atoms with Crippen LogP contribution in [0.1, 0.15) is 43.6 Å². The van der Waals surface area contributed by atoms with Gasteiger partial charge in [0.1, 0.15) is 0 Å². The van der Waals surface area contributed by atoms with Crippen molar-refractivity contribution >= 4 is 18.8 Å². The number of hydrogen-bond donors (Lipinski definition) is 0. The number of rotatable bonds is 4. The highest BCUT2D eigenvalue weighted by Crippen LogP contribution is 2.38. The van der Waals surface area contributed by atoms with Crippen LogP contribution in [0.4, 0.5) is 5.69 Å². The summed E-state index contributed by atoms with van der Waals surface area (Å²) >= 11 is 0. The topological polar surface area (TPSA) is 87.9 Å². The van der Waals surface area contributed by atoms with Crippen LogP contribution in [0.2, 0.25) is 0 Å². The molecule has 1 aliphatic heterocycles. The summed E-state index contributed by atoms with van der Waals surface area (Å²) in [6, 6.07) is 4.31. The maximum atomic E-state index is 11.9. The summed E-state index contributed by atoms with van der Waals surface area (Å²) in [5.41, 5.74) is -0.846. The van der Waals surface area contributed by atoms with Gasteiger partial charge in [-0.2, -0.15) is 0 Å². The number of nitrogens with zero attached hydrogens (tertiary/aromatic N) is 1. The third-order valence-electron chi connectivity index (χ3n) is 4.43. The van der Waals surface area contributed by atoms with E-state index in [1.54, 1.807) is 0 Å². The van der Waals surface area contributed by atoms with Crippen molar-refractivity contribution < 1.29 is 23.8 Å². The van der Waals surface area contributed by atoms with Crippen molar-refractivity contribution in [2.24, 2.45) is 0 Å². The van der Waals surface area contributed by atoms with Gasteiger partial charge in [-0.1, -0.05) is 6.07 Å². The molecule has 0 atom stereocenters. The Morgan fingerprint density at radius 2 is 1.83 bits per heavy atom. The number of ether oxygens (including phenoxy) is 1. The van der Waals surface area contributed by atoms with E-state index in [1.165, 1.54) is 25.3 Å². The van der Waals surface area contributed by atoms with E-state index in [-0.39, 0.29) is 23.1 Å². The van der Waals surface area contributed by atoms with Gasteiger partial charge in [-0.15, -0.1) is 0 Å². The van der Waals surface area contributed by atoms with E-state index in [0.29, 0.717) is 0 Å². The lowest BCUT2D eigenvalue weighted by Gasteiger charge is -2.32. The highest BCUT2D eigenvalue weighted by Gasteiger charge is 2.51. The summed E-state index contributed by atoms with van der Waals surface area (Å²) in [5, 5.41) is 11.3. The minimum atomic E-state index is -0.676. The van der Waals surface area contributed by atoms with E-state index in [1.807, 2.05) is 27.7 Å². The van der Waals surface area contributed by atoms with Crippen LogP contribution in [0.5, 0.6) is 0 Å². The number of nitro groups is 1. The van der Waals surface area contributed by atoms with Crippen LogP contribution < -0.4 is 0 Å². The van der Waals surface area contributed by atoms with Crippen LogP contribution in [0.25, 0.3) is 0 Å². The second-order valence-corrected chi connectivity index (χ2v) is 6.44. The highest BCUT2D eigenvalue weighted by molar-refractivity contribution is 6.45. The first-order valence-corrected chi connectivity index (χ1v) is 7.29. The first-order valence-electron chi connectivity index (χ1n) is 7.29. The molecule has 7 nitrogen and oxygen atoms in total. The zero-order chi connectivity index (χ0) is 17.4. The molecular formula is C15H20BNO6. The van der Waals surface area contributed by atoms with Crippen molar-refractivity contribution in [3.63, 3.8) is 0 Å². The Bertz CT molecular complexity index is 627. The van der Waals surface area contributed by atoms with Crippen molar-refractivity contribution in [1.82, 2.24) is 0 Å². The third kappa shape index (κ3) is 3.23. The molecule has 0 bridgehead atoms. The van der Waals surface area contributed by atoms with Crippen molar-refractivity contribution in [2.45, 2.75) is 45.2 Å². The Hall–Kier alpha value is -1.93. The lowest BCUT2D eigenvalue weighted by molar-refractivity contribution is -0.385. The Morgan fingerprint density at radius 3 is 2.30 bits per heavy atom. The van der Waals surface area contributed by atoms with Crippen molar-refractivity contribution in [2.75, 3.05) is 7.11 Å². The molecule has 1 fully saturated rings. The zero-order valence-electron chi connectivity index (χ0n) is 13.9. The first kappa shape index (κ1) is 17.4. The SMILES string of the molecule is COC(=O)c1cccc([N+](=O)[O-])c1CB1OC(C)(C)C(C)(C)O1. The van der Waals surface area contributed by atoms with E-state index < -0.39 is 29.2 Å². The lowest BCUT2D eigenvalue weighted by Crippen LogP contribution is -2.41. The largest absolute Gasteiger partial charge is 0.465 e. The number of carbonyl (C=O) groups is 1. The van der Waals surface area contributed by atoms with Crippen LogP contribution in [0, 0.1) is 10.1 Å². The molecule has 8 heteroatoms. The maximum absolute atomic E-state index is 11.9. The molecule has 1 heterocycles. The van der Waals surface area contributed by atoms with Gasteiger partial charge in [-0.25, -0.2) is 4.79 Å². The van der Waals surface area contributed by atoms with E-state index in [2.05, 4.69) is 0 Å². The molecule has 1 saturated heterocycles. The van der Waals surface area contributed by atoms with Crippen LogP contribution in [-0.2, 0) is 20.4 Å². The van der Waals surface area contributed by atoms with E-state index in [0.717, 1.165) is 0 Å². The molecule has 0 aromatic heterocycles. The van der Waals surface area contributed by atoms with Gasteiger partial charge in [0.05, 0.1) is 28.8 Å². The molecule has 1 aromatic rings. The lowest BCUT2D eigenvalue weighted by atomic mass is 9.78. The smallest absolute Gasteiger partial charge is 0.462 e. The van der Waals surface area contributed by atoms with Crippen LogP contribution >= 0.6 is 0 Å². The van der Waals surface area contributed by atoms with E-state index >= 15 is 0 Å². The Balaban J connectivity index is 2.39. The van der Waals surface area contributed by atoms with Gasteiger partial charge in [-0.05, 0) is 33.8 Å². The second kappa shape index (κ2) is 5.94. The van der Waals surface area contributed by atoms with Gasteiger partial charge < -0.3 is 14.0 Å². The van der Waals surface area contributed by atoms with Gasteiger partial charge in [0, 0.05) is 17.9 Å². The number of esters is 1. The van der Waals surface area contributed by atoms with Crippen molar-refractivity contribution in [1.29, 1.82) is 0 Å². The molecule has 0 spiro atoms. The zero-order valence-corrected chi connectivity index (χ0v) is 13.9. The second-order valence-electron chi connectivity index (χ2n) is 6.44. The number of nitro benzene ring substituents is 1. The van der Waals surface area contributed by atoms with E-state index in [4.69, 9.17) is 14.0 Å².